The van der Waals surface area contributed by atoms with E-state index < -0.39 is 0 Å². The Labute approximate surface area is 92.2 Å². The highest BCUT2D eigenvalue weighted by molar-refractivity contribution is 5.80. The molecule has 2 heterocycles. The average Bonchev–Trinajstić information content (AvgIpc) is 2.71. The first-order chi connectivity index (χ1) is 7.09. The SMILES string of the molecule is CC1CC(C)N(C(=O)[C@@H]2CNC[C@H]2C)C1. The van der Waals surface area contributed by atoms with Gasteiger partial charge in [-0.3, -0.25) is 4.79 Å². The minimum absolute atomic E-state index is 0.220. The fraction of sp³-hybridized carbons (Fsp3) is 0.917. The first-order valence-corrected chi connectivity index (χ1v) is 6.10. The van der Waals surface area contributed by atoms with Crippen LogP contribution in [0.1, 0.15) is 27.2 Å². The van der Waals surface area contributed by atoms with Gasteiger partial charge in [0.1, 0.15) is 0 Å². The Bertz CT molecular complexity index is 254. The largest absolute Gasteiger partial charge is 0.339 e. The standard InChI is InChI=1S/C12H22N2O/c1-8-4-10(3)14(7-8)12(15)11-6-13-5-9(11)2/h8-11,13H,4-7H2,1-3H3/t8?,9-,10?,11-/m1/s1. The lowest BCUT2D eigenvalue weighted by atomic mass is 9.96. The van der Waals surface area contributed by atoms with Gasteiger partial charge >= 0.3 is 0 Å². The summed E-state index contributed by atoms with van der Waals surface area (Å²) in [5, 5.41) is 3.31. The van der Waals surface area contributed by atoms with E-state index in [9.17, 15) is 4.79 Å². The Hall–Kier alpha value is -0.570. The van der Waals surface area contributed by atoms with E-state index in [1.54, 1.807) is 0 Å². The molecule has 86 valence electrons. The lowest BCUT2D eigenvalue weighted by molar-refractivity contribution is -0.136. The Kier molecular flexibility index (Phi) is 3.01. The van der Waals surface area contributed by atoms with Gasteiger partial charge in [-0.15, -0.1) is 0 Å². The van der Waals surface area contributed by atoms with Crippen molar-refractivity contribution in [1.29, 1.82) is 0 Å². The second kappa shape index (κ2) is 4.12. The third kappa shape index (κ3) is 2.03. The molecule has 3 heteroatoms. The molecule has 2 fully saturated rings. The summed E-state index contributed by atoms with van der Waals surface area (Å²) < 4.78 is 0. The maximum absolute atomic E-state index is 12.3. The second-order valence-electron chi connectivity index (χ2n) is 5.42. The van der Waals surface area contributed by atoms with Crippen molar-refractivity contribution in [2.24, 2.45) is 17.8 Å². The van der Waals surface area contributed by atoms with Gasteiger partial charge in [-0.05, 0) is 31.7 Å². The average molecular weight is 210 g/mol. The zero-order valence-corrected chi connectivity index (χ0v) is 9.99. The van der Waals surface area contributed by atoms with Crippen molar-refractivity contribution in [1.82, 2.24) is 10.2 Å². The molecule has 2 saturated heterocycles. The van der Waals surface area contributed by atoms with Gasteiger partial charge in [-0.1, -0.05) is 13.8 Å². The van der Waals surface area contributed by atoms with Crippen molar-refractivity contribution < 1.29 is 4.79 Å². The third-order valence-electron chi connectivity index (χ3n) is 3.90. The van der Waals surface area contributed by atoms with Crippen molar-refractivity contribution in [2.45, 2.75) is 33.2 Å². The summed E-state index contributed by atoms with van der Waals surface area (Å²) in [7, 11) is 0. The first-order valence-electron chi connectivity index (χ1n) is 6.10. The van der Waals surface area contributed by atoms with E-state index in [4.69, 9.17) is 0 Å². The molecule has 1 N–H and O–H groups in total. The van der Waals surface area contributed by atoms with Crippen molar-refractivity contribution in [3.63, 3.8) is 0 Å². The molecule has 2 unspecified atom stereocenters. The van der Waals surface area contributed by atoms with E-state index in [0.717, 1.165) is 19.6 Å². The van der Waals surface area contributed by atoms with Crippen LogP contribution in [0.15, 0.2) is 0 Å². The summed E-state index contributed by atoms with van der Waals surface area (Å²) in [6.45, 7) is 9.41. The van der Waals surface area contributed by atoms with Gasteiger partial charge in [0.25, 0.3) is 0 Å². The number of carbonyl (C=O) groups is 1. The lowest BCUT2D eigenvalue weighted by Crippen LogP contribution is -2.40. The maximum atomic E-state index is 12.3. The van der Waals surface area contributed by atoms with Crippen molar-refractivity contribution >= 4 is 5.91 Å². The molecular formula is C12H22N2O. The minimum Gasteiger partial charge on any atom is -0.339 e. The van der Waals surface area contributed by atoms with Gasteiger partial charge in [-0.2, -0.15) is 0 Å². The molecule has 0 aromatic carbocycles. The number of rotatable bonds is 1. The molecule has 1 amide bonds. The lowest BCUT2D eigenvalue weighted by Gasteiger charge is -2.26. The number of amides is 1. The number of nitrogens with one attached hydrogen (secondary N) is 1. The molecule has 15 heavy (non-hydrogen) atoms. The highest BCUT2D eigenvalue weighted by atomic mass is 16.2. The molecule has 2 aliphatic heterocycles. The summed E-state index contributed by atoms with van der Waals surface area (Å²) >= 11 is 0. The molecule has 0 spiro atoms. The summed E-state index contributed by atoms with van der Waals surface area (Å²) in [6.07, 6.45) is 1.17. The Morgan fingerprint density at radius 3 is 2.47 bits per heavy atom. The zero-order chi connectivity index (χ0) is 11.0. The van der Waals surface area contributed by atoms with Crippen LogP contribution in [0, 0.1) is 17.8 Å². The van der Waals surface area contributed by atoms with E-state index in [1.165, 1.54) is 6.42 Å². The van der Waals surface area contributed by atoms with Crippen LogP contribution in [0.3, 0.4) is 0 Å². The molecule has 3 nitrogen and oxygen atoms in total. The van der Waals surface area contributed by atoms with E-state index in [1.807, 2.05) is 0 Å². The molecule has 0 aromatic heterocycles. The van der Waals surface area contributed by atoms with Crippen LogP contribution < -0.4 is 5.32 Å². The molecule has 0 aromatic rings. The molecule has 2 rings (SSSR count). The monoisotopic (exact) mass is 210 g/mol. The normalized spacial score (nSPS) is 41.1. The second-order valence-corrected chi connectivity index (χ2v) is 5.42. The fourth-order valence-corrected chi connectivity index (χ4v) is 2.96. The van der Waals surface area contributed by atoms with Crippen LogP contribution in [-0.4, -0.2) is 36.5 Å². The first kappa shape index (κ1) is 10.9. The van der Waals surface area contributed by atoms with Crippen LogP contribution in [-0.2, 0) is 4.79 Å². The highest BCUT2D eigenvalue weighted by Gasteiger charge is 2.37. The van der Waals surface area contributed by atoms with Crippen LogP contribution in [0.25, 0.3) is 0 Å². The molecule has 2 aliphatic rings. The summed E-state index contributed by atoms with van der Waals surface area (Å²) in [5.41, 5.74) is 0. The molecule has 0 radical (unpaired) electrons. The fourth-order valence-electron chi connectivity index (χ4n) is 2.96. The smallest absolute Gasteiger partial charge is 0.227 e. The third-order valence-corrected chi connectivity index (χ3v) is 3.90. The Morgan fingerprint density at radius 1 is 1.27 bits per heavy atom. The molecule has 0 saturated carbocycles. The number of carbonyl (C=O) groups excluding carboxylic acids is 1. The number of hydrogen-bond acceptors (Lipinski definition) is 2. The predicted octanol–water partition coefficient (Wildman–Crippen LogP) is 1.10. The molecule has 0 aliphatic carbocycles. The van der Waals surface area contributed by atoms with Gasteiger partial charge in [0, 0.05) is 19.1 Å². The summed E-state index contributed by atoms with van der Waals surface area (Å²) in [6, 6.07) is 0.445. The van der Waals surface area contributed by atoms with Crippen LogP contribution >= 0.6 is 0 Å². The number of nitrogens with zero attached hydrogens (tertiary/aromatic N) is 1. The quantitative estimate of drug-likeness (QED) is 0.703. The number of likely N-dealkylation sites (tertiary alicyclic amines) is 1. The zero-order valence-electron chi connectivity index (χ0n) is 9.99. The van der Waals surface area contributed by atoms with Gasteiger partial charge < -0.3 is 10.2 Å². The minimum atomic E-state index is 0.220. The van der Waals surface area contributed by atoms with Crippen molar-refractivity contribution in [3.05, 3.63) is 0 Å². The number of hydrogen-bond donors (Lipinski definition) is 1. The Morgan fingerprint density at radius 2 is 2.00 bits per heavy atom. The highest BCUT2D eigenvalue weighted by Crippen LogP contribution is 2.27. The van der Waals surface area contributed by atoms with Crippen LogP contribution in [0.2, 0.25) is 0 Å². The Balaban J connectivity index is 2.01. The van der Waals surface area contributed by atoms with Gasteiger partial charge in [0.05, 0.1) is 5.92 Å². The maximum Gasteiger partial charge on any atom is 0.227 e. The topological polar surface area (TPSA) is 32.3 Å². The van der Waals surface area contributed by atoms with E-state index in [2.05, 4.69) is 31.0 Å². The molecule has 4 atom stereocenters. The van der Waals surface area contributed by atoms with Gasteiger partial charge in [0.2, 0.25) is 5.91 Å². The summed E-state index contributed by atoms with van der Waals surface area (Å²) in [5.74, 6) is 1.77. The van der Waals surface area contributed by atoms with Crippen molar-refractivity contribution in [2.75, 3.05) is 19.6 Å². The summed E-state index contributed by atoms with van der Waals surface area (Å²) in [4.78, 5) is 14.4. The van der Waals surface area contributed by atoms with Gasteiger partial charge in [-0.25, -0.2) is 0 Å². The van der Waals surface area contributed by atoms with Crippen LogP contribution in [0.4, 0.5) is 0 Å². The van der Waals surface area contributed by atoms with E-state index >= 15 is 0 Å². The predicted molar refractivity (Wildman–Crippen MR) is 60.5 cm³/mol. The molecule has 0 bridgehead atoms. The molecular weight excluding hydrogens is 188 g/mol. The van der Waals surface area contributed by atoms with Crippen molar-refractivity contribution in [3.8, 4) is 0 Å². The van der Waals surface area contributed by atoms with Gasteiger partial charge in [0.15, 0.2) is 0 Å². The van der Waals surface area contributed by atoms with E-state index in [0.29, 0.717) is 23.8 Å². The van der Waals surface area contributed by atoms with E-state index in [-0.39, 0.29) is 5.92 Å². The van der Waals surface area contributed by atoms with Crippen LogP contribution in [0.5, 0.6) is 0 Å².